The molecule has 0 unspecified atom stereocenters. The van der Waals surface area contributed by atoms with E-state index in [1.165, 1.54) is 0 Å². The Morgan fingerprint density at radius 3 is 2.45 bits per heavy atom. The van der Waals surface area contributed by atoms with Gasteiger partial charge >= 0.3 is 6.18 Å². The van der Waals surface area contributed by atoms with Crippen molar-refractivity contribution in [3.63, 3.8) is 0 Å². The maximum atomic E-state index is 14.4. The molecule has 0 amide bonds. The van der Waals surface area contributed by atoms with Gasteiger partial charge < -0.3 is 5.32 Å². The van der Waals surface area contributed by atoms with E-state index in [-0.39, 0.29) is 37.4 Å². The summed E-state index contributed by atoms with van der Waals surface area (Å²) in [5.74, 6) is 0. The Balaban J connectivity index is 0.00000200. The molecule has 1 aromatic rings. The van der Waals surface area contributed by atoms with Crippen molar-refractivity contribution in [2.24, 2.45) is 0 Å². The molecule has 8 heteroatoms. The van der Waals surface area contributed by atoms with Gasteiger partial charge in [-0.3, -0.25) is 4.98 Å². The number of rotatable bonds is 2. The van der Waals surface area contributed by atoms with Crippen LogP contribution in [0.4, 0.5) is 17.6 Å². The van der Waals surface area contributed by atoms with Gasteiger partial charge in [-0.1, -0.05) is 11.6 Å². The van der Waals surface area contributed by atoms with E-state index in [2.05, 4.69) is 10.3 Å². The fourth-order valence-electron chi connectivity index (χ4n) is 2.17. The molecule has 2 nitrogen and oxygen atoms in total. The van der Waals surface area contributed by atoms with Crippen molar-refractivity contribution in [3.05, 3.63) is 28.5 Å². The molecule has 1 aliphatic heterocycles. The summed E-state index contributed by atoms with van der Waals surface area (Å²) < 4.78 is 52.5. The molecule has 1 aromatic heterocycles. The van der Waals surface area contributed by atoms with Gasteiger partial charge in [0.2, 0.25) is 0 Å². The topological polar surface area (TPSA) is 24.9 Å². The normalized spacial score (nSPS) is 18.4. The van der Waals surface area contributed by atoms with Gasteiger partial charge in [0.05, 0.1) is 10.6 Å². The molecule has 1 N–H and O–H groups in total. The molecule has 0 saturated carbocycles. The first-order chi connectivity index (χ1) is 8.80. The van der Waals surface area contributed by atoms with Crippen LogP contribution in [0.25, 0.3) is 0 Å². The molecule has 1 aliphatic rings. The van der Waals surface area contributed by atoms with E-state index in [4.69, 9.17) is 11.6 Å². The third-order valence-corrected chi connectivity index (χ3v) is 3.52. The molecule has 0 aliphatic carbocycles. The van der Waals surface area contributed by atoms with Crippen molar-refractivity contribution in [2.45, 2.75) is 31.1 Å². The summed E-state index contributed by atoms with van der Waals surface area (Å²) in [6.07, 6.45) is -3.18. The highest BCUT2D eigenvalue weighted by Crippen LogP contribution is 2.35. The van der Waals surface area contributed by atoms with E-state index in [9.17, 15) is 17.6 Å². The lowest BCUT2D eigenvalue weighted by Gasteiger charge is -2.29. The number of nitrogens with one attached hydrogen (secondary N) is 1. The summed E-state index contributed by atoms with van der Waals surface area (Å²) in [7, 11) is 0. The second-order valence-electron chi connectivity index (χ2n) is 4.73. The maximum absolute atomic E-state index is 14.4. The maximum Gasteiger partial charge on any atom is 0.417 e. The van der Waals surface area contributed by atoms with E-state index in [1.54, 1.807) is 0 Å². The van der Waals surface area contributed by atoms with Crippen molar-refractivity contribution in [2.75, 3.05) is 13.1 Å². The largest absolute Gasteiger partial charge is 0.417 e. The summed E-state index contributed by atoms with van der Waals surface area (Å²) in [5.41, 5.74) is -2.37. The molecule has 0 radical (unpaired) electrons. The quantitative estimate of drug-likeness (QED) is 0.833. The fraction of sp³-hybridized carbons (Fsp3) is 0.583. The van der Waals surface area contributed by atoms with Gasteiger partial charge in [0, 0.05) is 18.3 Å². The van der Waals surface area contributed by atoms with Crippen LogP contribution in [-0.2, 0) is 12.6 Å². The van der Waals surface area contributed by atoms with Gasteiger partial charge in [-0.05, 0) is 32.0 Å². The molecule has 0 spiro atoms. The average molecular weight is 333 g/mol. The fourth-order valence-corrected chi connectivity index (χ4v) is 2.38. The molecular formula is C12H14Cl2F4N2. The summed E-state index contributed by atoms with van der Waals surface area (Å²) in [4.78, 5) is 3.80. The summed E-state index contributed by atoms with van der Waals surface area (Å²) in [6.45, 7) is 1.05. The van der Waals surface area contributed by atoms with Gasteiger partial charge in [-0.25, -0.2) is 4.39 Å². The summed E-state index contributed by atoms with van der Waals surface area (Å²) in [5, 5.41) is 2.55. The Morgan fingerprint density at radius 2 is 1.90 bits per heavy atom. The SMILES string of the molecule is Cl.FC1(Cc2cc(C(F)(F)F)c(Cl)cn2)CCNCC1. The van der Waals surface area contributed by atoms with E-state index in [0.717, 1.165) is 12.3 Å². The van der Waals surface area contributed by atoms with Crippen LogP contribution in [0.5, 0.6) is 0 Å². The molecular weight excluding hydrogens is 319 g/mol. The van der Waals surface area contributed by atoms with Crippen molar-refractivity contribution in [1.82, 2.24) is 10.3 Å². The van der Waals surface area contributed by atoms with E-state index in [0.29, 0.717) is 13.1 Å². The number of hydrogen-bond acceptors (Lipinski definition) is 2. The van der Waals surface area contributed by atoms with Crippen LogP contribution in [0.3, 0.4) is 0 Å². The standard InChI is InChI=1S/C12H13ClF4N2.ClH/c13-10-7-19-8(5-9(10)12(15,16)17)6-11(14)1-3-18-4-2-11;/h5,7,18H,1-4,6H2;1H. The monoisotopic (exact) mass is 332 g/mol. The average Bonchev–Trinajstić information content (AvgIpc) is 2.31. The van der Waals surface area contributed by atoms with Crippen molar-refractivity contribution in [1.29, 1.82) is 0 Å². The summed E-state index contributed by atoms with van der Waals surface area (Å²) in [6, 6.07) is 0.839. The number of hydrogen-bond donors (Lipinski definition) is 1. The van der Waals surface area contributed by atoms with Gasteiger partial charge in [-0.15, -0.1) is 12.4 Å². The van der Waals surface area contributed by atoms with Crippen LogP contribution in [0.1, 0.15) is 24.1 Å². The lowest BCUT2D eigenvalue weighted by Crippen LogP contribution is -2.40. The number of pyridine rings is 1. The summed E-state index contributed by atoms with van der Waals surface area (Å²) >= 11 is 5.47. The van der Waals surface area contributed by atoms with Crippen molar-refractivity contribution in [3.8, 4) is 0 Å². The number of halogens is 6. The minimum Gasteiger partial charge on any atom is -0.316 e. The van der Waals surface area contributed by atoms with E-state index >= 15 is 0 Å². The second kappa shape index (κ2) is 6.45. The van der Waals surface area contributed by atoms with Crippen molar-refractivity contribution >= 4 is 24.0 Å². The van der Waals surface area contributed by atoms with E-state index in [1.807, 2.05) is 0 Å². The second-order valence-corrected chi connectivity index (χ2v) is 5.14. The number of nitrogens with zero attached hydrogens (tertiary/aromatic N) is 1. The predicted molar refractivity (Wildman–Crippen MR) is 71.1 cm³/mol. The zero-order valence-corrected chi connectivity index (χ0v) is 12.0. The lowest BCUT2D eigenvalue weighted by molar-refractivity contribution is -0.137. The lowest BCUT2D eigenvalue weighted by atomic mass is 9.89. The first-order valence-corrected chi connectivity index (χ1v) is 6.29. The highest BCUT2D eigenvalue weighted by Gasteiger charge is 2.36. The molecule has 2 rings (SSSR count). The Bertz CT molecular complexity index is 459. The van der Waals surface area contributed by atoms with Gasteiger partial charge in [0.15, 0.2) is 0 Å². The first-order valence-electron chi connectivity index (χ1n) is 5.91. The Kier molecular flexibility index (Phi) is 5.63. The zero-order valence-electron chi connectivity index (χ0n) is 10.4. The Labute approximate surface area is 125 Å². The molecule has 0 bridgehead atoms. The highest BCUT2D eigenvalue weighted by atomic mass is 35.5. The first kappa shape index (κ1) is 17.5. The third-order valence-electron chi connectivity index (χ3n) is 3.21. The van der Waals surface area contributed by atoms with Gasteiger partial charge in [0.25, 0.3) is 0 Å². The molecule has 114 valence electrons. The van der Waals surface area contributed by atoms with Crippen LogP contribution < -0.4 is 5.32 Å². The van der Waals surface area contributed by atoms with Crippen LogP contribution in [-0.4, -0.2) is 23.7 Å². The molecule has 2 heterocycles. The highest BCUT2D eigenvalue weighted by molar-refractivity contribution is 6.31. The zero-order chi connectivity index (χ0) is 14.1. The predicted octanol–water partition coefficient (Wildman–Crippen LogP) is 3.81. The molecule has 0 aromatic carbocycles. The van der Waals surface area contributed by atoms with Gasteiger partial charge in [0.1, 0.15) is 5.67 Å². The smallest absolute Gasteiger partial charge is 0.316 e. The van der Waals surface area contributed by atoms with Crippen LogP contribution in [0.2, 0.25) is 5.02 Å². The van der Waals surface area contributed by atoms with Crippen LogP contribution >= 0.6 is 24.0 Å². The van der Waals surface area contributed by atoms with Gasteiger partial charge in [-0.2, -0.15) is 13.2 Å². The van der Waals surface area contributed by atoms with Crippen LogP contribution in [0, 0.1) is 0 Å². The number of alkyl halides is 4. The molecule has 20 heavy (non-hydrogen) atoms. The minimum atomic E-state index is -4.55. The molecule has 1 saturated heterocycles. The van der Waals surface area contributed by atoms with E-state index < -0.39 is 22.4 Å². The minimum absolute atomic E-state index is 0. The third kappa shape index (κ3) is 4.20. The molecule has 0 atom stereocenters. The van der Waals surface area contributed by atoms with Crippen LogP contribution in [0.15, 0.2) is 12.3 Å². The molecule has 1 fully saturated rings. The Morgan fingerprint density at radius 1 is 1.30 bits per heavy atom. The number of piperidine rings is 1. The number of aromatic nitrogens is 1. The van der Waals surface area contributed by atoms with Crippen molar-refractivity contribution < 1.29 is 17.6 Å². The Hall–Kier alpha value is -0.590.